The molecule has 1 saturated heterocycles. The first-order valence-electron chi connectivity index (χ1n) is 10.4. The number of amides is 1. The van der Waals surface area contributed by atoms with Crippen molar-refractivity contribution in [3.63, 3.8) is 0 Å². The number of aromatic nitrogens is 1. The van der Waals surface area contributed by atoms with Crippen LogP contribution in [0.15, 0.2) is 53.3 Å². The summed E-state index contributed by atoms with van der Waals surface area (Å²) < 4.78 is 33.5. The highest BCUT2D eigenvalue weighted by Crippen LogP contribution is 2.35. The number of hydrogen-bond donors (Lipinski definition) is 1. The number of carbonyl (C=O) groups is 1. The largest absolute Gasteiger partial charge is 0.464 e. The SMILES string of the molecule is Cc1coc(-c2cnc(N3CCCC(F)(F)CC3)c(C(=O)Nc3ccccc3)c2C)c1. The van der Waals surface area contributed by atoms with Crippen LogP contribution in [0.2, 0.25) is 0 Å². The predicted octanol–water partition coefficient (Wildman–Crippen LogP) is 5.84. The first kappa shape index (κ1) is 21.0. The summed E-state index contributed by atoms with van der Waals surface area (Å²) in [5.74, 6) is -1.98. The lowest BCUT2D eigenvalue weighted by atomic mass is 10.0. The van der Waals surface area contributed by atoms with E-state index in [1.807, 2.05) is 38.1 Å². The Labute approximate surface area is 180 Å². The summed E-state index contributed by atoms with van der Waals surface area (Å²) in [7, 11) is 0. The lowest BCUT2D eigenvalue weighted by molar-refractivity contribution is -0.0102. The number of benzene rings is 1. The number of furan rings is 1. The molecule has 0 aliphatic carbocycles. The number of anilines is 2. The quantitative estimate of drug-likeness (QED) is 0.571. The van der Waals surface area contributed by atoms with Crippen molar-refractivity contribution in [2.45, 2.75) is 39.0 Å². The van der Waals surface area contributed by atoms with E-state index in [0.29, 0.717) is 46.9 Å². The second-order valence-electron chi connectivity index (χ2n) is 8.00. The molecule has 0 radical (unpaired) electrons. The van der Waals surface area contributed by atoms with Crippen LogP contribution >= 0.6 is 0 Å². The van der Waals surface area contributed by atoms with Gasteiger partial charge in [-0.1, -0.05) is 18.2 Å². The Morgan fingerprint density at radius 3 is 2.65 bits per heavy atom. The monoisotopic (exact) mass is 425 g/mol. The molecule has 1 aliphatic heterocycles. The molecule has 0 unspecified atom stereocenters. The van der Waals surface area contributed by atoms with Crippen LogP contribution in [0.4, 0.5) is 20.3 Å². The Bertz CT molecular complexity index is 1080. The Balaban J connectivity index is 1.76. The molecule has 1 aliphatic rings. The van der Waals surface area contributed by atoms with Gasteiger partial charge in [0.1, 0.15) is 11.6 Å². The zero-order valence-corrected chi connectivity index (χ0v) is 17.6. The van der Waals surface area contributed by atoms with Crippen molar-refractivity contribution in [3.8, 4) is 11.3 Å². The normalized spacial score (nSPS) is 16.1. The number of alkyl halides is 2. The molecule has 1 aromatic carbocycles. The summed E-state index contributed by atoms with van der Waals surface area (Å²) in [5.41, 5.74) is 3.39. The van der Waals surface area contributed by atoms with E-state index < -0.39 is 5.92 Å². The van der Waals surface area contributed by atoms with Crippen molar-refractivity contribution >= 4 is 17.4 Å². The van der Waals surface area contributed by atoms with Crippen LogP contribution in [-0.2, 0) is 0 Å². The molecule has 0 saturated carbocycles. The Kier molecular flexibility index (Phi) is 5.76. The Morgan fingerprint density at radius 2 is 1.94 bits per heavy atom. The molecule has 2 aromatic heterocycles. The number of aryl methyl sites for hydroxylation is 1. The van der Waals surface area contributed by atoms with Gasteiger partial charge in [0.25, 0.3) is 5.91 Å². The highest BCUT2D eigenvalue weighted by molar-refractivity contribution is 6.09. The zero-order valence-electron chi connectivity index (χ0n) is 17.6. The predicted molar refractivity (Wildman–Crippen MR) is 117 cm³/mol. The maximum atomic E-state index is 13.9. The molecule has 3 aromatic rings. The minimum absolute atomic E-state index is 0.143. The van der Waals surface area contributed by atoms with Crippen LogP contribution in [-0.4, -0.2) is 29.9 Å². The van der Waals surface area contributed by atoms with E-state index in [1.54, 1.807) is 29.5 Å². The third-order valence-corrected chi connectivity index (χ3v) is 5.59. The van der Waals surface area contributed by atoms with Gasteiger partial charge < -0.3 is 14.6 Å². The molecular formula is C24H25F2N3O2. The minimum atomic E-state index is -2.69. The Hall–Kier alpha value is -3.22. The molecule has 31 heavy (non-hydrogen) atoms. The van der Waals surface area contributed by atoms with Crippen LogP contribution in [0.25, 0.3) is 11.3 Å². The number of nitrogens with one attached hydrogen (secondary N) is 1. The van der Waals surface area contributed by atoms with Crippen molar-refractivity contribution < 1.29 is 18.0 Å². The lowest BCUT2D eigenvalue weighted by Crippen LogP contribution is -2.30. The zero-order chi connectivity index (χ0) is 22.0. The summed E-state index contributed by atoms with van der Waals surface area (Å²) in [6.07, 6.45) is 3.23. The minimum Gasteiger partial charge on any atom is -0.464 e. The van der Waals surface area contributed by atoms with Gasteiger partial charge in [-0.3, -0.25) is 4.79 Å². The van der Waals surface area contributed by atoms with Crippen LogP contribution in [0.3, 0.4) is 0 Å². The number of para-hydroxylation sites is 1. The highest BCUT2D eigenvalue weighted by Gasteiger charge is 2.33. The van der Waals surface area contributed by atoms with Gasteiger partial charge in [0.2, 0.25) is 5.92 Å². The van der Waals surface area contributed by atoms with Gasteiger partial charge in [-0.25, -0.2) is 13.8 Å². The summed E-state index contributed by atoms with van der Waals surface area (Å²) in [4.78, 5) is 19.7. The number of pyridine rings is 1. The van der Waals surface area contributed by atoms with Crippen molar-refractivity contribution in [2.24, 2.45) is 0 Å². The molecule has 0 bridgehead atoms. The van der Waals surface area contributed by atoms with Crippen LogP contribution in [0.5, 0.6) is 0 Å². The van der Waals surface area contributed by atoms with Gasteiger partial charge in [-0.2, -0.15) is 0 Å². The van der Waals surface area contributed by atoms with E-state index in [1.165, 1.54) is 0 Å². The van der Waals surface area contributed by atoms with Gasteiger partial charge in [0.05, 0.1) is 11.8 Å². The van der Waals surface area contributed by atoms with E-state index >= 15 is 0 Å². The summed E-state index contributed by atoms with van der Waals surface area (Å²) >= 11 is 0. The fourth-order valence-electron chi connectivity index (χ4n) is 3.91. The maximum Gasteiger partial charge on any atom is 0.259 e. The van der Waals surface area contributed by atoms with Crippen LogP contribution in [0.1, 0.15) is 40.7 Å². The molecule has 4 rings (SSSR count). The van der Waals surface area contributed by atoms with Gasteiger partial charge >= 0.3 is 0 Å². The first-order valence-corrected chi connectivity index (χ1v) is 10.4. The molecule has 1 amide bonds. The molecule has 162 valence electrons. The highest BCUT2D eigenvalue weighted by atomic mass is 19.3. The van der Waals surface area contributed by atoms with Crippen LogP contribution in [0, 0.1) is 13.8 Å². The van der Waals surface area contributed by atoms with E-state index in [0.717, 1.165) is 5.56 Å². The second kappa shape index (κ2) is 8.49. The third kappa shape index (κ3) is 4.60. The molecule has 7 heteroatoms. The Morgan fingerprint density at radius 1 is 1.16 bits per heavy atom. The van der Waals surface area contributed by atoms with Gasteiger partial charge in [0, 0.05) is 43.4 Å². The first-order chi connectivity index (χ1) is 14.8. The van der Waals surface area contributed by atoms with E-state index in [-0.39, 0.29) is 25.3 Å². The molecule has 3 heterocycles. The summed E-state index contributed by atoms with van der Waals surface area (Å²) in [6, 6.07) is 11.0. The molecule has 5 nitrogen and oxygen atoms in total. The summed E-state index contributed by atoms with van der Waals surface area (Å²) in [5, 5.41) is 2.91. The fraction of sp³-hybridized carbons (Fsp3) is 0.333. The maximum absolute atomic E-state index is 13.9. The molecule has 0 atom stereocenters. The average molecular weight is 425 g/mol. The van der Waals surface area contributed by atoms with E-state index in [4.69, 9.17) is 4.42 Å². The van der Waals surface area contributed by atoms with Crippen molar-refractivity contribution in [2.75, 3.05) is 23.3 Å². The molecular weight excluding hydrogens is 400 g/mol. The number of nitrogens with zero attached hydrogens (tertiary/aromatic N) is 2. The number of rotatable bonds is 4. The van der Waals surface area contributed by atoms with Crippen molar-refractivity contribution in [1.29, 1.82) is 0 Å². The van der Waals surface area contributed by atoms with E-state index in [2.05, 4.69) is 10.3 Å². The third-order valence-electron chi connectivity index (χ3n) is 5.59. The van der Waals surface area contributed by atoms with Crippen molar-refractivity contribution in [1.82, 2.24) is 4.98 Å². The molecule has 0 spiro atoms. The van der Waals surface area contributed by atoms with Gasteiger partial charge in [-0.05, 0) is 49.6 Å². The van der Waals surface area contributed by atoms with Gasteiger partial charge in [0.15, 0.2) is 0 Å². The van der Waals surface area contributed by atoms with Crippen LogP contribution < -0.4 is 10.2 Å². The number of hydrogen-bond acceptors (Lipinski definition) is 4. The fourth-order valence-corrected chi connectivity index (χ4v) is 3.91. The average Bonchev–Trinajstić information content (AvgIpc) is 3.08. The second-order valence-corrected chi connectivity index (χ2v) is 8.00. The molecule has 1 fully saturated rings. The van der Waals surface area contributed by atoms with Crippen molar-refractivity contribution in [3.05, 3.63) is 65.5 Å². The summed E-state index contributed by atoms with van der Waals surface area (Å²) in [6.45, 7) is 4.33. The van der Waals surface area contributed by atoms with E-state index in [9.17, 15) is 13.6 Å². The standard InChI is InChI=1S/C24H25F2N3O2/c1-16-13-20(31-15-16)19-14-27-22(29-11-6-9-24(25,26)10-12-29)21(17(19)2)23(30)28-18-7-4-3-5-8-18/h3-5,7-8,13-15H,6,9-12H2,1-2H3,(H,28,30). The smallest absolute Gasteiger partial charge is 0.259 e. The molecule has 1 N–H and O–H groups in total. The number of halogens is 2. The topological polar surface area (TPSA) is 58.4 Å². The van der Waals surface area contributed by atoms with Gasteiger partial charge in [-0.15, -0.1) is 0 Å². The lowest BCUT2D eigenvalue weighted by Gasteiger charge is -2.25. The number of carbonyl (C=O) groups excluding carboxylic acids is 1.